The Labute approximate surface area is 122 Å². The van der Waals surface area contributed by atoms with Gasteiger partial charge in [-0.15, -0.1) is 0 Å². The summed E-state index contributed by atoms with van der Waals surface area (Å²) in [6.07, 6.45) is 2.81. The number of hydrogen-bond donors (Lipinski definition) is 1. The van der Waals surface area contributed by atoms with E-state index in [1.807, 2.05) is 6.92 Å². The summed E-state index contributed by atoms with van der Waals surface area (Å²) in [6.45, 7) is 9.15. The highest BCUT2D eigenvalue weighted by Gasteiger charge is 2.27. The van der Waals surface area contributed by atoms with Crippen molar-refractivity contribution in [1.82, 2.24) is 10.2 Å². The van der Waals surface area contributed by atoms with Crippen molar-refractivity contribution in [3.05, 3.63) is 0 Å². The highest BCUT2D eigenvalue weighted by molar-refractivity contribution is 5.78. The number of nitrogens with zero attached hydrogens (tertiary/aromatic N) is 1. The second kappa shape index (κ2) is 8.95. The maximum Gasteiger partial charge on any atom is 0.310 e. The molecule has 116 valence electrons. The van der Waals surface area contributed by atoms with Gasteiger partial charge in [0.25, 0.3) is 0 Å². The number of carbonyl (C=O) groups is 2. The molecule has 1 fully saturated rings. The minimum absolute atomic E-state index is 0.0511. The quantitative estimate of drug-likeness (QED) is 0.718. The van der Waals surface area contributed by atoms with Crippen LogP contribution in [0.4, 0.5) is 0 Å². The Morgan fingerprint density at radius 1 is 1.40 bits per heavy atom. The zero-order valence-electron chi connectivity index (χ0n) is 13.0. The highest BCUT2D eigenvalue weighted by atomic mass is 16.5. The van der Waals surface area contributed by atoms with E-state index in [0.29, 0.717) is 25.6 Å². The van der Waals surface area contributed by atoms with Crippen molar-refractivity contribution in [1.29, 1.82) is 0 Å². The molecule has 1 N–H and O–H groups in total. The van der Waals surface area contributed by atoms with Gasteiger partial charge in [0.05, 0.1) is 19.1 Å². The van der Waals surface area contributed by atoms with E-state index in [-0.39, 0.29) is 17.8 Å². The molecule has 1 heterocycles. The molecule has 1 amide bonds. The molecule has 0 aromatic heterocycles. The molecule has 0 aliphatic carbocycles. The summed E-state index contributed by atoms with van der Waals surface area (Å²) in [5.41, 5.74) is 0. The van der Waals surface area contributed by atoms with Crippen LogP contribution in [0.1, 0.15) is 40.0 Å². The van der Waals surface area contributed by atoms with Gasteiger partial charge < -0.3 is 10.1 Å². The monoisotopic (exact) mass is 284 g/mol. The Bertz CT molecular complexity index is 318. The van der Waals surface area contributed by atoms with Crippen molar-refractivity contribution < 1.29 is 14.3 Å². The van der Waals surface area contributed by atoms with E-state index < -0.39 is 0 Å². The molecule has 1 aliphatic rings. The minimum atomic E-state index is -0.127. The second-order valence-corrected chi connectivity index (χ2v) is 5.86. The van der Waals surface area contributed by atoms with Gasteiger partial charge in [-0.3, -0.25) is 14.5 Å². The molecular formula is C15H28N2O3. The summed E-state index contributed by atoms with van der Waals surface area (Å²) >= 11 is 0. The Hall–Kier alpha value is -1.10. The number of hydrogen-bond acceptors (Lipinski definition) is 4. The summed E-state index contributed by atoms with van der Waals surface area (Å²) in [7, 11) is 0. The lowest BCUT2D eigenvalue weighted by Crippen LogP contribution is -2.44. The number of esters is 1. The summed E-state index contributed by atoms with van der Waals surface area (Å²) in [5.74, 6) is 0.443. The molecule has 5 heteroatoms. The van der Waals surface area contributed by atoms with E-state index in [0.717, 1.165) is 32.4 Å². The Morgan fingerprint density at radius 3 is 2.80 bits per heavy atom. The molecular weight excluding hydrogens is 256 g/mol. The molecule has 0 spiro atoms. The minimum Gasteiger partial charge on any atom is -0.466 e. The maximum absolute atomic E-state index is 11.8. The Kier molecular flexibility index (Phi) is 7.59. The predicted octanol–water partition coefficient (Wildman–Crippen LogP) is 1.42. The van der Waals surface area contributed by atoms with Gasteiger partial charge in [-0.25, -0.2) is 0 Å². The molecule has 0 bridgehead atoms. The van der Waals surface area contributed by atoms with Crippen LogP contribution in [0.2, 0.25) is 0 Å². The predicted molar refractivity (Wildman–Crippen MR) is 78.3 cm³/mol. The molecule has 0 saturated carbocycles. The fourth-order valence-electron chi connectivity index (χ4n) is 2.41. The summed E-state index contributed by atoms with van der Waals surface area (Å²) in [6, 6.07) is 0. The van der Waals surface area contributed by atoms with Crippen LogP contribution in [0, 0.1) is 11.8 Å². The van der Waals surface area contributed by atoms with Crippen molar-refractivity contribution in [3.8, 4) is 0 Å². The zero-order valence-corrected chi connectivity index (χ0v) is 13.0. The molecule has 0 aromatic carbocycles. The molecule has 1 rings (SSSR count). The van der Waals surface area contributed by atoms with E-state index in [2.05, 4.69) is 24.1 Å². The third-order valence-electron chi connectivity index (χ3n) is 3.54. The average molecular weight is 284 g/mol. The molecule has 1 atom stereocenters. The van der Waals surface area contributed by atoms with Gasteiger partial charge in [0.15, 0.2) is 0 Å². The van der Waals surface area contributed by atoms with E-state index >= 15 is 0 Å². The van der Waals surface area contributed by atoms with Crippen molar-refractivity contribution in [3.63, 3.8) is 0 Å². The number of ether oxygens (including phenoxy) is 1. The van der Waals surface area contributed by atoms with Crippen LogP contribution in [-0.2, 0) is 14.3 Å². The average Bonchev–Trinajstić information content (AvgIpc) is 2.38. The molecule has 1 unspecified atom stereocenters. The van der Waals surface area contributed by atoms with Gasteiger partial charge in [-0.1, -0.05) is 13.8 Å². The first-order valence-electron chi connectivity index (χ1n) is 7.68. The number of amides is 1. The van der Waals surface area contributed by atoms with Gasteiger partial charge in [-0.05, 0) is 38.6 Å². The fourth-order valence-corrected chi connectivity index (χ4v) is 2.41. The number of carbonyl (C=O) groups excluding carboxylic acids is 2. The third kappa shape index (κ3) is 6.37. The normalized spacial score (nSPS) is 19.9. The zero-order chi connectivity index (χ0) is 15.0. The lowest BCUT2D eigenvalue weighted by Gasteiger charge is -2.30. The molecule has 0 radical (unpaired) electrons. The summed E-state index contributed by atoms with van der Waals surface area (Å²) in [4.78, 5) is 25.6. The SMILES string of the molecule is CCOC(=O)C1CCCN(CC(=O)NCCC(C)C)C1. The lowest BCUT2D eigenvalue weighted by molar-refractivity contribution is -0.150. The maximum atomic E-state index is 11.8. The third-order valence-corrected chi connectivity index (χ3v) is 3.54. The molecule has 1 aliphatic heterocycles. The largest absolute Gasteiger partial charge is 0.466 e. The molecule has 1 saturated heterocycles. The molecule has 20 heavy (non-hydrogen) atoms. The second-order valence-electron chi connectivity index (χ2n) is 5.86. The van der Waals surface area contributed by atoms with Crippen LogP contribution in [0.5, 0.6) is 0 Å². The lowest BCUT2D eigenvalue weighted by atomic mass is 9.98. The van der Waals surface area contributed by atoms with Crippen molar-refractivity contribution in [2.45, 2.75) is 40.0 Å². The first kappa shape index (κ1) is 17.0. The van der Waals surface area contributed by atoms with Crippen molar-refractivity contribution >= 4 is 11.9 Å². The van der Waals surface area contributed by atoms with Crippen LogP contribution in [0.15, 0.2) is 0 Å². The molecule has 5 nitrogen and oxygen atoms in total. The van der Waals surface area contributed by atoms with Crippen LogP contribution in [0.3, 0.4) is 0 Å². The standard InChI is InChI=1S/C15H28N2O3/c1-4-20-15(19)13-6-5-9-17(10-13)11-14(18)16-8-7-12(2)3/h12-13H,4-11H2,1-3H3,(H,16,18). The van der Waals surface area contributed by atoms with Gasteiger partial charge >= 0.3 is 5.97 Å². The van der Waals surface area contributed by atoms with Crippen LogP contribution in [-0.4, -0.2) is 49.6 Å². The summed E-state index contributed by atoms with van der Waals surface area (Å²) in [5, 5.41) is 2.93. The van der Waals surface area contributed by atoms with Gasteiger partial charge in [0.1, 0.15) is 0 Å². The number of likely N-dealkylation sites (tertiary alicyclic amines) is 1. The van der Waals surface area contributed by atoms with Gasteiger partial charge in [0, 0.05) is 13.1 Å². The van der Waals surface area contributed by atoms with E-state index in [4.69, 9.17) is 4.74 Å². The van der Waals surface area contributed by atoms with Crippen LogP contribution >= 0.6 is 0 Å². The number of rotatable bonds is 7. The van der Waals surface area contributed by atoms with Gasteiger partial charge in [0.2, 0.25) is 5.91 Å². The highest BCUT2D eigenvalue weighted by Crippen LogP contribution is 2.17. The summed E-state index contributed by atoms with van der Waals surface area (Å²) < 4.78 is 5.06. The first-order chi connectivity index (χ1) is 9.52. The fraction of sp³-hybridized carbons (Fsp3) is 0.867. The Morgan fingerprint density at radius 2 is 2.15 bits per heavy atom. The van der Waals surface area contributed by atoms with Crippen molar-refractivity contribution in [2.24, 2.45) is 11.8 Å². The van der Waals surface area contributed by atoms with Gasteiger partial charge in [-0.2, -0.15) is 0 Å². The number of piperidine rings is 1. The van der Waals surface area contributed by atoms with E-state index in [9.17, 15) is 9.59 Å². The number of nitrogens with one attached hydrogen (secondary N) is 1. The smallest absolute Gasteiger partial charge is 0.310 e. The first-order valence-corrected chi connectivity index (χ1v) is 7.68. The van der Waals surface area contributed by atoms with E-state index in [1.165, 1.54) is 0 Å². The Balaban J connectivity index is 2.29. The van der Waals surface area contributed by atoms with Crippen LogP contribution < -0.4 is 5.32 Å². The topological polar surface area (TPSA) is 58.6 Å². The molecule has 0 aromatic rings. The van der Waals surface area contributed by atoms with E-state index in [1.54, 1.807) is 0 Å². The van der Waals surface area contributed by atoms with Crippen molar-refractivity contribution in [2.75, 3.05) is 32.8 Å². The van der Waals surface area contributed by atoms with Crippen LogP contribution in [0.25, 0.3) is 0 Å².